The zero-order valence-electron chi connectivity index (χ0n) is 21.8. The van der Waals surface area contributed by atoms with Crippen LogP contribution in [0.1, 0.15) is 17.8 Å². The van der Waals surface area contributed by atoms with Crippen LogP contribution in [0.5, 0.6) is 0 Å². The average molecular weight is 627 g/mol. The summed E-state index contributed by atoms with van der Waals surface area (Å²) in [5.74, 6) is -0.799. The van der Waals surface area contributed by atoms with Gasteiger partial charge in [-0.3, -0.25) is 4.55 Å². The molecule has 41 heavy (non-hydrogen) atoms. The molecule has 1 N–H and O–H groups in total. The van der Waals surface area contributed by atoms with Gasteiger partial charge in [-0.25, -0.2) is 8.42 Å². The molecule has 1 aliphatic heterocycles. The van der Waals surface area contributed by atoms with Crippen molar-refractivity contribution < 1.29 is 30.5 Å². The van der Waals surface area contributed by atoms with Gasteiger partial charge in [0.05, 0.1) is 38.0 Å². The van der Waals surface area contributed by atoms with Crippen LogP contribution < -0.4 is 9.47 Å². The molecule has 0 aliphatic carbocycles. The molecule has 0 saturated heterocycles. The molecule has 1 aliphatic rings. The number of fused-ring (bicyclic) bond motifs is 6. The molecule has 0 bridgehead atoms. The maximum Gasteiger partial charge on any atom is 0.265 e. The number of thioether (sulfide) groups is 1. The Morgan fingerprint density at radius 3 is 2.27 bits per heavy atom. The average Bonchev–Trinajstić information content (AvgIpc) is 3.45. The largest absolute Gasteiger partial charge is 0.748 e. The van der Waals surface area contributed by atoms with Gasteiger partial charge in [0.15, 0.2) is 6.54 Å². The fourth-order valence-corrected chi connectivity index (χ4v) is 8.65. The van der Waals surface area contributed by atoms with Crippen molar-refractivity contribution in [2.45, 2.75) is 24.3 Å². The van der Waals surface area contributed by atoms with E-state index in [0.29, 0.717) is 13.1 Å². The van der Waals surface area contributed by atoms with Gasteiger partial charge in [-0.2, -0.15) is 13.0 Å². The lowest BCUT2D eigenvalue weighted by Gasteiger charge is -2.21. The van der Waals surface area contributed by atoms with Crippen LogP contribution in [-0.2, 0) is 26.8 Å². The second-order valence-electron chi connectivity index (χ2n) is 9.85. The van der Waals surface area contributed by atoms with Gasteiger partial charge in [0, 0.05) is 29.0 Å². The van der Waals surface area contributed by atoms with Crippen molar-refractivity contribution in [3.05, 3.63) is 82.8 Å². The minimum Gasteiger partial charge on any atom is -0.748 e. The van der Waals surface area contributed by atoms with Crippen LogP contribution in [0.4, 0.5) is 5.69 Å². The Labute approximate surface area is 246 Å². The van der Waals surface area contributed by atoms with Crippen molar-refractivity contribution >= 4 is 86.9 Å². The molecule has 0 radical (unpaired) electrons. The van der Waals surface area contributed by atoms with E-state index in [-0.39, 0.29) is 18.6 Å². The molecule has 8 nitrogen and oxygen atoms in total. The van der Waals surface area contributed by atoms with Crippen LogP contribution in [0, 0.1) is 0 Å². The molecular weight excluding hydrogens is 601 g/mol. The van der Waals surface area contributed by atoms with Gasteiger partial charge in [0.25, 0.3) is 15.1 Å². The van der Waals surface area contributed by atoms with Crippen LogP contribution in [0.25, 0.3) is 37.8 Å². The standard InChI is InChI=1S/C29H26N2O6S4/c32-40(33,34)17-5-15-30-26(38-24-13-11-20-7-1-3-9-22(20)28(24)30)19-27-31(16-6-18-41(35,36)37)29-23-10-4-2-8-21(23)12-14-25(29)39-27/h1-4,7-14,19H,5-6,15-18H2,(H-,32,33,34,35,36,37). The third kappa shape index (κ3) is 5.99. The molecule has 0 unspecified atom stereocenters. The summed E-state index contributed by atoms with van der Waals surface area (Å²) in [6, 6.07) is 24.3. The van der Waals surface area contributed by atoms with Crippen molar-refractivity contribution in [3.63, 3.8) is 0 Å². The molecule has 12 heteroatoms. The Balaban J connectivity index is 1.49. The molecule has 0 fully saturated rings. The van der Waals surface area contributed by atoms with Crippen LogP contribution in [-0.4, -0.2) is 44.0 Å². The van der Waals surface area contributed by atoms with E-state index in [1.54, 1.807) is 23.1 Å². The fourth-order valence-electron chi connectivity index (χ4n) is 5.32. The minimum atomic E-state index is -4.35. The third-order valence-electron chi connectivity index (χ3n) is 7.04. The number of nitrogens with zero attached hydrogens (tertiary/aromatic N) is 2. The monoisotopic (exact) mass is 626 g/mol. The predicted octanol–water partition coefficient (Wildman–Crippen LogP) is 5.62. The van der Waals surface area contributed by atoms with E-state index in [0.717, 1.165) is 52.4 Å². The Morgan fingerprint density at radius 2 is 1.54 bits per heavy atom. The van der Waals surface area contributed by atoms with E-state index in [1.807, 2.05) is 48.5 Å². The number of benzene rings is 4. The van der Waals surface area contributed by atoms with Crippen molar-refractivity contribution in [1.82, 2.24) is 0 Å². The van der Waals surface area contributed by atoms with Crippen LogP contribution in [0.2, 0.25) is 0 Å². The molecule has 0 saturated carbocycles. The lowest BCUT2D eigenvalue weighted by atomic mass is 10.1. The van der Waals surface area contributed by atoms with E-state index in [2.05, 4.69) is 39.8 Å². The lowest BCUT2D eigenvalue weighted by molar-refractivity contribution is -0.667. The van der Waals surface area contributed by atoms with Gasteiger partial charge in [-0.05, 0) is 35.4 Å². The topological polar surface area (TPSA) is 119 Å². The fraction of sp³-hybridized carbons (Fsp3) is 0.207. The van der Waals surface area contributed by atoms with E-state index >= 15 is 0 Å². The molecule has 6 rings (SSSR count). The second-order valence-corrected chi connectivity index (χ2v) is 15.1. The molecular formula is C29H26N2O6S4. The highest BCUT2D eigenvalue weighted by molar-refractivity contribution is 8.04. The first kappa shape index (κ1) is 28.1. The van der Waals surface area contributed by atoms with Crippen LogP contribution in [0.15, 0.2) is 82.7 Å². The first-order valence-corrected chi connectivity index (χ1v) is 17.8. The summed E-state index contributed by atoms with van der Waals surface area (Å²) in [5, 5.41) is 5.99. The number of hydrogen-bond acceptors (Lipinski definition) is 8. The Kier molecular flexibility index (Phi) is 7.55. The van der Waals surface area contributed by atoms with E-state index in [1.165, 1.54) is 0 Å². The van der Waals surface area contributed by atoms with Crippen molar-refractivity contribution in [3.8, 4) is 0 Å². The molecule has 4 aromatic carbocycles. The van der Waals surface area contributed by atoms with Gasteiger partial charge < -0.3 is 9.45 Å². The Hall–Kier alpha value is -3.00. The molecule has 0 atom stereocenters. The smallest absolute Gasteiger partial charge is 0.265 e. The lowest BCUT2D eigenvalue weighted by Crippen LogP contribution is -2.36. The summed E-state index contributed by atoms with van der Waals surface area (Å²) in [5.41, 5.74) is 1.97. The summed E-state index contributed by atoms with van der Waals surface area (Å²) in [6.45, 7) is 0.722. The van der Waals surface area contributed by atoms with Gasteiger partial charge in [-0.15, -0.1) is 0 Å². The number of aromatic nitrogens is 1. The number of aryl methyl sites for hydroxylation is 1. The van der Waals surface area contributed by atoms with Gasteiger partial charge >= 0.3 is 0 Å². The van der Waals surface area contributed by atoms with Crippen LogP contribution in [0.3, 0.4) is 0 Å². The quantitative estimate of drug-likeness (QED) is 0.166. The highest BCUT2D eigenvalue weighted by atomic mass is 32.2. The summed E-state index contributed by atoms with van der Waals surface area (Å²) in [4.78, 5) is 3.14. The van der Waals surface area contributed by atoms with Crippen LogP contribution >= 0.6 is 23.1 Å². The zero-order valence-corrected chi connectivity index (χ0v) is 25.0. The second kappa shape index (κ2) is 11.0. The van der Waals surface area contributed by atoms with Crippen molar-refractivity contribution in [2.75, 3.05) is 23.0 Å². The molecule has 212 valence electrons. The summed E-state index contributed by atoms with van der Waals surface area (Å²) in [6.07, 6.45) is 2.47. The molecule has 0 amide bonds. The summed E-state index contributed by atoms with van der Waals surface area (Å²) in [7, 11) is -8.46. The first-order chi connectivity index (χ1) is 19.6. The Bertz CT molecular complexity index is 2050. The number of rotatable bonds is 9. The summed E-state index contributed by atoms with van der Waals surface area (Å²) < 4.78 is 69.7. The molecule has 0 spiro atoms. The van der Waals surface area contributed by atoms with E-state index in [4.69, 9.17) is 0 Å². The third-order valence-corrected chi connectivity index (χ3v) is 10.8. The predicted molar refractivity (Wildman–Crippen MR) is 165 cm³/mol. The van der Waals surface area contributed by atoms with E-state index in [9.17, 15) is 25.9 Å². The number of anilines is 1. The zero-order chi connectivity index (χ0) is 28.8. The number of hydrogen-bond donors (Lipinski definition) is 1. The number of thiazole rings is 1. The highest BCUT2D eigenvalue weighted by Gasteiger charge is 2.30. The first-order valence-electron chi connectivity index (χ1n) is 13.0. The molecule has 1 aromatic heterocycles. The minimum absolute atomic E-state index is 0.178. The van der Waals surface area contributed by atoms with Gasteiger partial charge in [0.2, 0.25) is 5.52 Å². The van der Waals surface area contributed by atoms with Crippen molar-refractivity contribution in [1.29, 1.82) is 0 Å². The summed E-state index contributed by atoms with van der Waals surface area (Å²) >= 11 is 3.16. The molecule has 5 aromatic rings. The maximum atomic E-state index is 11.5. The maximum absolute atomic E-state index is 11.5. The highest BCUT2D eigenvalue weighted by Crippen LogP contribution is 2.50. The normalized spacial score (nSPS) is 15.0. The van der Waals surface area contributed by atoms with E-state index < -0.39 is 26.0 Å². The van der Waals surface area contributed by atoms with Gasteiger partial charge in [-0.1, -0.05) is 77.7 Å². The SMILES string of the molecule is O=S(=O)([O-])CCC[n+]1c(/C=C2/Sc3ccc4ccccc4c3N2CCCS(=O)(=O)O)sc2ccc3ccccc3c21. The Morgan fingerprint density at radius 1 is 0.854 bits per heavy atom. The molecule has 2 heterocycles. The van der Waals surface area contributed by atoms with Gasteiger partial charge in [0.1, 0.15) is 4.70 Å². The van der Waals surface area contributed by atoms with Crippen molar-refractivity contribution in [2.24, 2.45) is 0 Å².